The van der Waals surface area contributed by atoms with Crippen molar-refractivity contribution in [2.24, 2.45) is 0 Å². The molecule has 2 aromatic carbocycles. The van der Waals surface area contributed by atoms with Gasteiger partial charge in [0.2, 0.25) is 15.9 Å². The summed E-state index contributed by atoms with van der Waals surface area (Å²) in [5, 5.41) is 3.30. The maximum absolute atomic E-state index is 12.7. The van der Waals surface area contributed by atoms with Gasteiger partial charge < -0.3 is 5.32 Å². The van der Waals surface area contributed by atoms with Crippen LogP contribution in [0.3, 0.4) is 0 Å². The number of carbonyl (C=O) groups is 1. The number of hydrogen-bond donors (Lipinski definition) is 1. The number of hydrogen-bond acceptors (Lipinski definition) is 3. The van der Waals surface area contributed by atoms with Crippen LogP contribution in [-0.2, 0) is 21.2 Å². The lowest BCUT2D eigenvalue weighted by atomic mass is 10.1. The number of sulfonamides is 1. The second kappa shape index (κ2) is 8.10. The van der Waals surface area contributed by atoms with Crippen LogP contribution in [0.2, 0.25) is 5.02 Å². The number of carbonyl (C=O) groups excluding carboxylic acids is 1. The highest BCUT2D eigenvalue weighted by molar-refractivity contribution is 7.92. The molecule has 1 atom stereocenters. The summed E-state index contributed by atoms with van der Waals surface area (Å²) in [5.41, 5.74) is 2.83. The molecule has 5 nitrogen and oxygen atoms in total. The van der Waals surface area contributed by atoms with E-state index in [9.17, 15) is 13.2 Å². The van der Waals surface area contributed by atoms with Crippen molar-refractivity contribution in [1.82, 2.24) is 0 Å². The molecule has 0 saturated heterocycles. The summed E-state index contributed by atoms with van der Waals surface area (Å²) in [5.74, 6) is -0.430. The number of nitrogens with zero attached hydrogens (tertiary/aromatic N) is 1. The molecule has 1 unspecified atom stereocenters. The minimum Gasteiger partial charge on any atom is -0.324 e. The Balaban J connectivity index is 2.32. The topological polar surface area (TPSA) is 66.5 Å². The van der Waals surface area contributed by atoms with E-state index in [-0.39, 0.29) is 0 Å². The number of aryl methyl sites for hydroxylation is 1. The molecule has 0 spiro atoms. The van der Waals surface area contributed by atoms with Gasteiger partial charge in [0.05, 0.1) is 11.9 Å². The average molecular weight is 395 g/mol. The zero-order chi connectivity index (χ0) is 19.5. The van der Waals surface area contributed by atoms with Gasteiger partial charge in [0, 0.05) is 10.7 Å². The Morgan fingerprint density at radius 3 is 2.35 bits per heavy atom. The molecule has 0 aliphatic heterocycles. The SMILES string of the molecule is CCc1ccc(N(C(C)C(=O)Nc2cccc(Cl)c2C)S(C)(=O)=O)cc1. The molecular weight excluding hydrogens is 372 g/mol. The highest BCUT2D eigenvalue weighted by Crippen LogP contribution is 2.25. The smallest absolute Gasteiger partial charge is 0.248 e. The Bertz CT molecular complexity index is 896. The number of nitrogens with one attached hydrogen (secondary N) is 1. The van der Waals surface area contributed by atoms with Crippen molar-refractivity contribution in [1.29, 1.82) is 0 Å². The number of rotatable bonds is 6. The van der Waals surface area contributed by atoms with Gasteiger partial charge in [-0.3, -0.25) is 9.10 Å². The van der Waals surface area contributed by atoms with E-state index in [1.807, 2.05) is 19.1 Å². The third kappa shape index (κ3) is 4.56. The molecule has 1 N–H and O–H groups in total. The van der Waals surface area contributed by atoms with Crippen LogP contribution in [-0.4, -0.2) is 26.6 Å². The Morgan fingerprint density at radius 2 is 1.81 bits per heavy atom. The van der Waals surface area contributed by atoms with E-state index >= 15 is 0 Å². The molecule has 0 aliphatic rings. The molecule has 0 radical (unpaired) electrons. The molecule has 0 bridgehead atoms. The first kappa shape index (κ1) is 20.3. The molecule has 0 aromatic heterocycles. The normalized spacial score (nSPS) is 12.5. The number of benzene rings is 2. The molecule has 2 aromatic rings. The summed E-state index contributed by atoms with van der Waals surface area (Å²) in [7, 11) is -3.65. The van der Waals surface area contributed by atoms with Crippen molar-refractivity contribution in [2.45, 2.75) is 33.2 Å². The van der Waals surface area contributed by atoms with Crippen molar-refractivity contribution in [3.8, 4) is 0 Å². The third-order valence-electron chi connectivity index (χ3n) is 4.21. The van der Waals surface area contributed by atoms with Gasteiger partial charge in [-0.15, -0.1) is 0 Å². The highest BCUT2D eigenvalue weighted by atomic mass is 35.5. The van der Waals surface area contributed by atoms with Crippen LogP contribution >= 0.6 is 11.6 Å². The number of anilines is 2. The van der Waals surface area contributed by atoms with Crippen LogP contribution in [0.15, 0.2) is 42.5 Å². The van der Waals surface area contributed by atoms with Crippen LogP contribution in [0, 0.1) is 6.92 Å². The lowest BCUT2D eigenvalue weighted by Crippen LogP contribution is -2.45. The van der Waals surface area contributed by atoms with Gasteiger partial charge in [-0.2, -0.15) is 0 Å². The summed E-state index contributed by atoms with van der Waals surface area (Å²) >= 11 is 6.08. The molecule has 140 valence electrons. The fourth-order valence-corrected chi connectivity index (χ4v) is 4.02. The zero-order valence-electron chi connectivity index (χ0n) is 15.3. The van der Waals surface area contributed by atoms with Crippen molar-refractivity contribution in [3.63, 3.8) is 0 Å². The van der Waals surface area contributed by atoms with Gasteiger partial charge in [-0.1, -0.05) is 36.7 Å². The van der Waals surface area contributed by atoms with Crippen LogP contribution in [0.5, 0.6) is 0 Å². The Labute approximate surface area is 160 Å². The summed E-state index contributed by atoms with van der Waals surface area (Å²) < 4.78 is 25.8. The van der Waals surface area contributed by atoms with Crippen LogP contribution in [0.4, 0.5) is 11.4 Å². The molecule has 0 aliphatic carbocycles. The Morgan fingerprint density at radius 1 is 1.19 bits per heavy atom. The van der Waals surface area contributed by atoms with Gasteiger partial charge in [0.1, 0.15) is 6.04 Å². The Hall–Kier alpha value is -2.05. The van der Waals surface area contributed by atoms with E-state index in [0.29, 0.717) is 16.4 Å². The highest BCUT2D eigenvalue weighted by Gasteiger charge is 2.29. The predicted octanol–water partition coefficient (Wildman–Crippen LogP) is 4.00. The van der Waals surface area contributed by atoms with Crippen LogP contribution in [0.1, 0.15) is 25.0 Å². The van der Waals surface area contributed by atoms with Crippen LogP contribution in [0.25, 0.3) is 0 Å². The average Bonchev–Trinajstić information content (AvgIpc) is 2.58. The molecule has 0 heterocycles. The third-order valence-corrected chi connectivity index (χ3v) is 5.86. The number of halogens is 1. The van der Waals surface area contributed by atoms with Gasteiger partial charge in [-0.25, -0.2) is 8.42 Å². The molecule has 26 heavy (non-hydrogen) atoms. The molecule has 7 heteroatoms. The first-order valence-corrected chi connectivity index (χ1v) is 10.5. The standard InChI is InChI=1S/C19H23ClN2O3S/c1-5-15-9-11-16(12-10-15)22(26(4,24)25)14(3)19(23)21-18-8-6-7-17(20)13(18)2/h6-12,14H,5H2,1-4H3,(H,21,23). The molecule has 2 rings (SSSR count). The summed E-state index contributed by atoms with van der Waals surface area (Å²) in [4.78, 5) is 12.7. The summed E-state index contributed by atoms with van der Waals surface area (Å²) in [6.45, 7) is 5.37. The fraction of sp³-hybridized carbons (Fsp3) is 0.316. The minimum atomic E-state index is -3.65. The first-order chi connectivity index (χ1) is 12.1. The van der Waals surface area contributed by atoms with Gasteiger partial charge in [-0.05, 0) is 55.7 Å². The van der Waals surface area contributed by atoms with E-state index in [0.717, 1.165) is 28.1 Å². The van der Waals surface area contributed by atoms with E-state index in [4.69, 9.17) is 11.6 Å². The molecule has 0 saturated carbocycles. The van der Waals surface area contributed by atoms with Gasteiger partial charge in [0.25, 0.3) is 0 Å². The zero-order valence-corrected chi connectivity index (χ0v) is 16.9. The predicted molar refractivity (Wildman–Crippen MR) is 107 cm³/mol. The van der Waals surface area contributed by atoms with Gasteiger partial charge >= 0.3 is 0 Å². The van der Waals surface area contributed by atoms with Crippen molar-refractivity contribution in [2.75, 3.05) is 15.9 Å². The molecule has 1 amide bonds. The lowest BCUT2D eigenvalue weighted by Gasteiger charge is -2.28. The number of amides is 1. The molecular formula is C19H23ClN2O3S. The fourth-order valence-electron chi connectivity index (χ4n) is 2.67. The summed E-state index contributed by atoms with van der Waals surface area (Å²) in [6.07, 6.45) is 1.94. The quantitative estimate of drug-likeness (QED) is 0.805. The maximum atomic E-state index is 12.7. The lowest BCUT2D eigenvalue weighted by molar-refractivity contribution is -0.116. The molecule has 0 fully saturated rings. The van der Waals surface area contributed by atoms with E-state index in [1.165, 1.54) is 0 Å². The van der Waals surface area contributed by atoms with Gasteiger partial charge in [0.15, 0.2) is 0 Å². The van der Waals surface area contributed by atoms with Crippen LogP contribution < -0.4 is 9.62 Å². The Kier molecular flexibility index (Phi) is 6.31. The largest absolute Gasteiger partial charge is 0.324 e. The minimum absolute atomic E-state index is 0.430. The van der Waals surface area contributed by atoms with E-state index < -0.39 is 22.0 Å². The van der Waals surface area contributed by atoms with E-state index in [1.54, 1.807) is 44.2 Å². The van der Waals surface area contributed by atoms with Crippen molar-refractivity contribution in [3.05, 3.63) is 58.6 Å². The second-order valence-corrected chi connectivity index (χ2v) is 8.42. The van der Waals surface area contributed by atoms with Crippen molar-refractivity contribution < 1.29 is 13.2 Å². The monoisotopic (exact) mass is 394 g/mol. The second-order valence-electron chi connectivity index (χ2n) is 6.16. The maximum Gasteiger partial charge on any atom is 0.248 e. The first-order valence-electron chi connectivity index (χ1n) is 8.29. The summed E-state index contributed by atoms with van der Waals surface area (Å²) in [6, 6.07) is 11.4. The van der Waals surface area contributed by atoms with E-state index in [2.05, 4.69) is 5.32 Å². The van der Waals surface area contributed by atoms with Crippen molar-refractivity contribution >= 4 is 38.9 Å².